The van der Waals surface area contributed by atoms with E-state index in [0.717, 1.165) is 12.1 Å². The van der Waals surface area contributed by atoms with Crippen LogP contribution in [-0.2, 0) is 25.1 Å². The monoisotopic (exact) mass is 657 g/mol. The van der Waals surface area contributed by atoms with Crippen LogP contribution in [0.3, 0.4) is 0 Å². The highest BCUT2D eigenvalue weighted by Crippen LogP contribution is 2.37. The van der Waals surface area contributed by atoms with Gasteiger partial charge in [0.2, 0.25) is 11.8 Å². The highest BCUT2D eigenvalue weighted by atomic mass is 19.4. The van der Waals surface area contributed by atoms with E-state index in [1.54, 1.807) is 0 Å². The van der Waals surface area contributed by atoms with Gasteiger partial charge >= 0.3 is 18.5 Å². The molecule has 0 radical (unpaired) electrons. The number of para-hydroxylation sites is 1. The summed E-state index contributed by atoms with van der Waals surface area (Å²) in [5.74, 6) is -14.6. The van der Waals surface area contributed by atoms with Crippen molar-refractivity contribution in [2.24, 2.45) is 5.92 Å². The lowest BCUT2D eigenvalue weighted by Gasteiger charge is -2.27. The Labute approximate surface area is 250 Å². The topological polar surface area (TPSA) is 143 Å². The molecular weight excluding hydrogens is 630 g/mol. The Bertz CT molecular complexity index is 1370. The van der Waals surface area contributed by atoms with Gasteiger partial charge in [0, 0.05) is 0 Å². The van der Waals surface area contributed by atoms with Gasteiger partial charge in [0.25, 0.3) is 11.7 Å². The minimum absolute atomic E-state index is 0.116. The number of hydrogen-bond donors (Lipinski definition) is 4. The molecule has 0 aliphatic heterocycles. The second kappa shape index (κ2) is 14.5. The number of carbonyl (C=O) groups is 4. The Hall–Kier alpha value is -4.48. The maximum atomic E-state index is 15.0. The van der Waals surface area contributed by atoms with E-state index in [2.05, 4.69) is 4.74 Å². The van der Waals surface area contributed by atoms with Crippen molar-refractivity contribution in [2.75, 3.05) is 13.7 Å². The van der Waals surface area contributed by atoms with Crippen molar-refractivity contribution in [1.29, 1.82) is 0 Å². The van der Waals surface area contributed by atoms with Crippen molar-refractivity contribution in [1.82, 2.24) is 16.0 Å². The fourth-order valence-electron chi connectivity index (χ4n) is 3.79. The maximum Gasteiger partial charge on any atom is 0.573 e. The summed E-state index contributed by atoms with van der Waals surface area (Å²) in [6.07, 6.45) is -10.8. The van der Waals surface area contributed by atoms with Crippen molar-refractivity contribution in [3.63, 3.8) is 0 Å². The number of aliphatic hydroxyl groups is 1. The third-order valence-corrected chi connectivity index (χ3v) is 6.06. The minimum Gasteiger partial charge on any atom is -0.497 e. The van der Waals surface area contributed by atoms with E-state index in [1.807, 2.05) is 10.6 Å². The van der Waals surface area contributed by atoms with Gasteiger partial charge in [0.15, 0.2) is 0 Å². The van der Waals surface area contributed by atoms with Crippen LogP contribution in [0.25, 0.3) is 0 Å². The van der Waals surface area contributed by atoms with E-state index in [4.69, 9.17) is 4.74 Å². The lowest BCUT2D eigenvalue weighted by molar-refractivity contribution is -0.275. The third-order valence-electron chi connectivity index (χ3n) is 6.06. The molecule has 2 aromatic carbocycles. The first kappa shape index (κ1) is 36.7. The van der Waals surface area contributed by atoms with Gasteiger partial charge in [-0.1, -0.05) is 38.1 Å². The molecule has 248 valence electrons. The van der Waals surface area contributed by atoms with Crippen LogP contribution in [0.1, 0.15) is 31.0 Å². The summed E-state index contributed by atoms with van der Waals surface area (Å²) in [4.78, 5) is 50.6. The van der Waals surface area contributed by atoms with E-state index < -0.39 is 83.9 Å². The summed E-state index contributed by atoms with van der Waals surface area (Å²) in [7, 11) is 1.29. The molecule has 0 aromatic heterocycles. The normalized spacial score (nSPS) is 14.2. The maximum absolute atomic E-state index is 15.0. The number of methoxy groups -OCH3 is 1. The fourth-order valence-corrected chi connectivity index (χ4v) is 3.79. The zero-order valence-corrected chi connectivity index (χ0v) is 23.6. The number of aliphatic hydroxyl groups excluding tert-OH is 1. The van der Waals surface area contributed by atoms with E-state index >= 15 is 0 Å². The van der Waals surface area contributed by atoms with Gasteiger partial charge in [-0.05, 0) is 35.7 Å². The number of rotatable bonds is 13. The molecule has 0 heterocycles. The molecule has 0 aliphatic carbocycles. The zero-order valence-electron chi connectivity index (χ0n) is 23.6. The molecule has 0 fully saturated rings. The Morgan fingerprint density at radius 2 is 1.40 bits per heavy atom. The predicted octanol–water partition coefficient (Wildman–Crippen LogP) is 3.29. The van der Waals surface area contributed by atoms with E-state index in [1.165, 1.54) is 50.5 Å². The van der Waals surface area contributed by atoms with Crippen molar-refractivity contribution in [3.05, 3.63) is 59.7 Å². The smallest absolute Gasteiger partial charge is 0.497 e. The molecule has 0 saturated heterocycles. The molecule has 0 spiro atoms. The van der Waals surface area contributed by atoms with Crippen molar-refractivity contribution >= 4 is 23.5 Å². The highest BCUT2D eigenvalue weighted by molar-refractivity contribution is 5.97. The molecule has 2 aromatic rings. The average Bonchev–Trinajstić information content (AvgIpc) is 2.95. The summed E-state index contributed by atoms with van der Waals surface area (Å²) >= 11 is 0. The zero-order chi connectivity index (χ0) is 34.3. The van der Waals surface area contributed by atoms with Gasteiger partial charge in [0.1, 0.15) is 23.6 Å². The van der Waals surface area contributed by atoms with Gasteiger partial charge in [-0.15, -0.1) is 13.2 Å². The van der Waals surface area contributed by atoms with Crippen LogP contribution < -0.4 is 25.4 Å². The van der Waals surface area contributed by atoms with Gasteiger partial charge in [-0.25, -0.2) is 0 Å². The number of benzene rings is 2. The van der Waals surface area contributed by atoms with Crippen LogP contribution in [0.4, 0.5) is 35.1 Å². The van der Waals surface area contributed by atoms with Crippen LogP contribution in [-0.4, -0.2) is 67.0 Å². The van der Waals surface area contributed by atoms with Crippen LogP contribution in [0, 0.1) is 5.92 Å². The molecule has 4 N–H and O–H groups in total. The number of Topliss-reactive ketones (excluding diaryl/α,β-unsaturated/α-hetero) is 1. The molecule has 3 amide bonds. The molecule has 45 heavy (non-hydrogen) atoms. The number of ether oxygens (including phenoxy) is 2. The van der Waals surface area contributed by atoms with E-state index in [-0.39, 0.29) is 11.3 Å². The lowest BCUT2D eigenvalue weighted by Crippen LogP contribution is -2.56. The summed E-state index contributed by atoms with van der Waals surface area (Å²) in [6, 6.07) is 1.42. The van der Waals surface area contributed by atoms with E-state index in [9.17, 15) is 59.4 Å². The van der Waals surface area contributed by atoms with Crippen LogP contribution in [0.2, 0.25) is 0 Å². The lowest BCUT2D eigenvalue weighted by atomic mass is 9.97. The molecule has 3 atom stereocenters. The summed E-state index contributed by atoms with van der Waals surface area (Å²) in [6.45, 7) is 1.02. The predicted molar refractivity (Wildman–Crippen MR) is 138 cm³/mol. The first-order valence-corrected chi connectivity index (χ1v) is 12.7. The number of carbonyl (C=O) groups excluding carboxylic acids is 4. The van der Waals surface area contributed by atoms with E-state index in [0.29, 0.717) is 12.1 Å². The Kier molecular flexibility index (Phi) is 11.9. The quantitative estimate of drug-likeness (QED) is 0.242. The SMILES string of the molecule is COc1ccc(C(NC(=O)C(CO)NC(=O)C(F)(F)c2ccccc2OC(F)(F)F)C(=O)NC(C(=O)C(F)(F)F)C(C)C)cc1. The standard InChI is InChI=1S/C27H27F8N3O7/c1-13(2)19(21(40)26(30,31)32)37-23(42)20(14-8-10-15(44-3)11-9-14)38-22(41)17(12-39)36-24(43)25(28,29)16-6-4-5-7-18(16)45-27(33,34)35/h4-11,13,17,19-20,39H,12H2,1-3H3,(H,36,43)(H,37,42)(H,38,41). The number of halogens is 8. The Balaban J connectivity index is 2.38. The Morgan fingerprint density at radius 3 is 1.89 bits per heavy atom. The number of nitrogens with one attached hydrogen (secondary N) is 3. The van der Waals surface area contributed by atoms with Crippen molar-refractivity contribution in [3.8, 4) is 11.5 Å². The molecule has 3 unspecified atom stereocenters. The van der Waals surface area contributed by atoms with Crippen molar-refractivity contribution in [2.45, 2.75) is 50.4 Å². The molecule has 0 aliphatic rings. The van der Waals surface area contributed by atoms with Crippen LogP contribution >= 0.6 is 0 Å². The average molecular weight is 658 g/mol. The van der Waals surface area contributed by atoms with Gasteiger partial charge < -0.3 is 30.5 Å². The van der Waals surface area contributed by atoms with Crippen molar-refractivity contribution < 1.29 is 68.9 Å². The molecule has 2 rings (SSSR count). The number of alkyl halides is 8. The molecular formula is C27H27F8N3O7. The number of hydrogen-bond acceptors (Lipinski definition) is 7. The van der Waals surface area contributed by atoms with Crippen LogP contribution in [0.15, 0.2) is 48.5 Å². The van der Waals surface area contributed by atoms with Gasteiger partial charge in [-0.2, -0.15) is 22.0 Å². The fraction of sp³-hybridized carbons (Fsp3) is 0.407. The summed E-state index contributed by atoms with van der Waals surface area (Å²) < 4.78 is 116. The molecule has 0 saturated carbocycles. The first-order chi connectivity index (χ1) is 20.7. The van der Waals surface area contributed by atoms with Crippen LogP contribution in [0.5, 0.6) is 11.5 Å². The first-order valence-electron chi connectivity index (χ1n) is 12.7. The largest absolute Gasteiger partial charge is 0.573 e. The molecule has 0 bridgehead atoms. The molecule has 10 nitrogen and oxygen atoms in total. The highest BCUT2D eigenvalue weighted by Gasteiger charge is 2.47. The number of amides is 3. The minimum atomic E-state index is -5.41. The Morgan fingerprint density at radius 1 is 0.822 bits per heavy atom. The number of ketones is 1. The summed E-state index contributed by atoms with van der Waals surface area (Å²) in [5.41, 5.74) is -1.66. The summed E-state index contributed by atoms with van der Waals surface area (Å²) in [5, 5.41) is 15.0. The second-order valence-electron chi connectivity index (χ2n) is 9.63. The van der Waals surface area contributed by atoms with Gasteiger partial charge in [-0.3, -0.25) is 19.2 Å². The second-order valence-corrected chi connectivity index (χ2v) is 9.63. The third kappa shape index (κ3) is 9.75. The van der Waals surface area contributed by atoms with Gasteiger partial charge in [0.05, 0.1) is 25.3 Å². The molecule has 18 heteroatoms.